The van der Waals surface area contributed by atoms with Crippen molar-refractivity contribution >= 4 is 46.1 Å². The summed E-state index contributed by atoms with van der Waals surface area (Å²) in [6.07, 6.45) is -0.0339. The van der Waals surface area contributed by atoms with Crippen LogP contribution in [0.5, 0.6) is 0 Å². The van der Waals surface area contributed by atoms with E-state index in [9.17, 15) is 18.8 Å². The predicted octanol–water partition coefficient (Wildman–Crippen LogP) is 3.11. The van der Waals surface area contributed by atoms with Gasteiger partial charge in [-0.05, 0) is 36.4 Å². The van der Waals surface area contributed by atoms with Gasteiger partial charge >= 0.3 is 5.97 Å². The highest BCUT2D eigenvalue weighted by atomic mass is 32.2. The van der Waals surface area contributed by atoms with Crippen LogP contribution in [-0.4, -0.2) is 45.3 Å². The Bertz CT molecular complexity index is 979. The van der Waals surface area contributed by atoms with Crippen LogP contribution in [0.15, 0.2) is 53.5 Å². The summed E-state index contributed by atoms with van der Waals surface area (Å²) in [5.41, 5.74) is 0.691. The molecule has 1 aliphatic heterocycles. The van der Waals surface area contributed by atoms with Crippen LogP contribution in [0, 0.1) is 5.82 Å². The first-order chi connectivity index (χ1) is 13.3. The molecule has 1 saturated heterocycles. The normalized spacial score (nSPS) is 18.2. The van der Waals surface area contributed by atoms with Gasteiger partial charge in [-0.1, -0.05) is 23.9 Å². The number of carboxylic acids is 1. The van der Waals surface area contributed by atoms with Gasteiger partial charge in [0.15, 0.2) is 5.17 Å². The van der Waals surface area contributed by atoms with Gasteiger partial charge in [0.25, 0.3) is 0 Å². The number of anilines is 1. The molecule has 0 aliphatic carbocycles. The van der Waals surface area contributed by atoms with Gasteiger partial charge in [-0.2, -0.15) is 0 Å². The molecule has 0 spiro atoms. The molecule has 2 aromatic rings. The van der Waals surface area contributed by atoms with Crippen LogP contribution < -0.4 is 5.32 Å². The topological polar surface area (TPSA) is 99.1 Å². The number of aliphatic imine (C=N–C) groups is 1. The molecule has 7 nitrogen and oxygen atoms in total. The fourth-order valence-electron chi connectivity index (χ4n) is 2.51. The Hall–Kier alpha value is -3.20. The van der Waals surface area contributed by atoms with Crippen molar-refractivity contribution in [3.8, 4) is 0 Å². The lowest BCUT2D eigenvalue weighted by molar-refractivity contribution is -0.128. The lowest BCUT2D eigenvalue weighted by Gasteiger charge is -2.28. The van der Waals surface area contributed by atoms with E-state index in [0.717, 1.165) is 11.8 Å². The zero-order valence-corrected chi connectivity index (χ0v) is 15.6. The number of hydrogen-bond donors (Lipinski definition) is 2. The second-order valence-corrected chi connectivity index (χ2v) is 7.18. The van der Waals surface area contributed by atoms with Crippen LogP contribution in [0.2, 0.25) is 0 Å². The van der Waals surface area contributed by atoms with Crippen LogP contribution in [0.4, 0.5) is 15.8 Å². The molecule has 2 aromatic carbocycles. The number of aromatic carboxylic acids is 1. The summed E-state index contributed by atoms with van der Waals surface area (Å²) in [5.74, 6) is -2.30. The number of amidine groups is 1. The molecule has 0 saturated carbocycles. The summed E-state index contributed by atoms with van der Waals surface area (Å²) in [5, 5.41) is 11.2. The van der Waals surface area contributed by atoms with Gasteiger partial charge in [0.1, 0.15) is 11.1 Å². The SMILES string of the molecule is CN1C(=O)CC(C(=O)Nc2cccc(C(=O)O)c2)SC1=Nc1cccc(F)c1. The van der Waals surface area contributed by atoms with E-state index in [0.29, 0.717) is 11.4 Å². The van der Waals surface area contributed by atoms with Gasteiger partial charge in [0.2, 0.25) is 11.8 Å². The molecule has 0 radical (unpaired) electrons. The fourth-order valence-corrected chi connectivity index (χ4v) is 3.57. The number of benzene rings is 2. The van der Waals surface area contributed by atoms with Crippen LogP contribution in [0.25, 0.3) is 0 Å². The van der Waals surface area contributed by atoms with Crippen molar-refractivity contribution in [1.82, 2.24) is 4.90 Å². The molecule has 1 atom stereocenters. The molecular weight excluding hydrogens is 385 g/mol. The molecule has 1 heterocycles. The van der Waals surface area contributed by atoms with E-state index in [-0.39, 0.29) is 23.1 Å². The Kier molecular flexibility index (Phi) is 5.74. The maximum atomic E-state index is 13.4. The lowest BCUT2D eigenvalue weighted by atomic mass is 10.2. The molecule has 1 fully saturated rings. The molecule has 144 valence electrons. The minimum absolute atomic E-state index is 0.0339. The maximum absolute atomic E-state index is 13.4. The first-order valence-electron chi connectivity index (χ1n) is 8.25. The van der Waals surface area contributed by atoms with Gasteiger partial charge in [-0.25, -0.2) is 14.2 Å². The molecule has 9 heteroatoms. The molecule has 1 unspecified atom stereocenters. The minimum atomic E-state index is -1.11. The standard InChI is InChI=1S/C19H16FN3O4S/c1-23-16(24)10-15(28-19(23)22-14-7-3-5-12(20)9-14)17(25)21-13-6-2-4-11(8-13)18(26)27/h2-9,15H,10H2,1H3,(H,21,25)(H,26,27). The van der Waals surface area contributed by atoms with E-state index in [1.54, 1.807) is 12.1 Å². The summed E-state index contributed by atoms with van der Waals surface area (Å²) in [6.45, 7) is 0. The molecule has 3 rings (SSSR count). The second-order valence-electron chi connectivity index (χ2n) is 6.01. The number of thioether (sulfide) groups is 1. The van der Waals surface area contributed by atoms with E-state index in [2.05, 4.69) is 10.3 Å². The number of nitrogens with zero attached hydrogens (tertiary/aromatic N) is 2. The van der Waals surface area contributed by atoms with Crippen molar-refractivity contribution in [3.63, 3.8) is 0 Å². The number of rotatable bonds is 4. The Morgan fingerprint density at radius 1 is 1.25 bits per heavy atom. The Morgan fingerprint density at radius 3 is 2.71 bits per heavy atom. The third kappa shape index (κ3) is 4.55. The van der Waals surface area contributed by atoms with Gasteiger partial charge in [-0.15, -0.1) is 0 Å². The number of carbonyl (C=O) groups excluding carboxylic acids is 2. The second kappa shape index (κ2) is 8.22. The van der Waals surface area contributed by atoms with E-state index in [4.69, 9.17) is 5.11 Å². The van der Waals surface area contributed by atoms with Crippen LogP contribution >= 0.6 is 11.8 Å². The zero-order valence-electron chi connectivity index (χ0n) is 14.8. The van der Waals surface area contributed by atoms with Gasteiger partial charge in [0.05, 0.1) is 11.3 Å². The maximum Gasteiger partial charge on any atom is 0.335 e. The lowest BCUT2D eigenvalue weighted by Crippen LogP contribution is -2.43. The molecule has 2 N–H and O–H groups in total. The molecule has 2 amide bonds. The monoisotopic (exact) mass is 401 g/mol. The van der Waals surface area contributed by atoms with Crippen LogP contribution in [-0.2, 0) is 9.59 Å². The summed E-state index contributed by atoms with van der Waals surface area (Å²) >= 11 is 1.09. The third-order valence-corrected chi connectivity index (χ3v) is 5.21. The van der Waals surface area contributed by atoms with E-state index in [1.165, 1.54) is 48.3 Å². The highest BCUT2D eigenvalue weighted by molar-refractivity contribution is 8.15. The van der Waals surface area contributed by atoms with Crippen molar-refractivity contribution in [3.05, 3.63) is 59.9 Å². The number of carbonyl (C=O) groups is 3. The third-order valence-electron chi connectivity index (χ3n) is 3.97. The summed E-state index contributed by atoms with van der Waals surface area (Å²) < 4.78 is 13.4. The smallest absolute Gasteiger partial charge is 0.335 e. The molecule has 0 aromatic heterocycles. The van der Waals surface area contributed by atoms with Crippen molar-refractivity contribution in [2.75, 3.05) is 12.4 Å². The average molecular weight is 401 g/mol. The van der Waals surface area contributed by atoms with Gasteiger partial charge in [0, 0.05) is 19.2 Å². The number of carboxylic acid groups (broad SMARTS) is 1. The molecule has 0 bridgehead atoms. The number of halogens is 1. The largest absolute Gasteiger partial charge is 0.478 e. The first kappa shape index (κ1) is 19.6. The Morgan fingerprint density at radius 2 is 2.00 bits per heavy atom. The van der Waals surface area contributed by atoms with Crippen molar-refractivity contribution in [2.24, 2.45) is 4.99 Å². The van der Waals surface area contributed by atoms with Crippen molar-refractivity contribution < 1.29 is 23.9 Å². The van der Waals surface area contributed by atoms with Crippen LogP contribution in [0.1, 0.15) is 16.8 Å². The van der Waals surface area contributed by atoms with Crippen molar-refractivity contribution in [2.45, 2.75) is 11.7 Å². The Balaban J connectivity index is 1.78. The van der Waals surface area contributed by atoms with E-state index < -0.39 is 22.9 Å². The quantitative estimate of drug-likeness (QED) is 0.820. The van der Waals surface area contributed by atoms with E-state index >= 15 is 0 Å². The minimum Gasteiger partial charge on any atom is -0.478 e. The summed E-state index contributed by atoms with van der Waals surface area (Å²) in [7, 11) is 1.54. The predicted molar refractivity (Wildman–Crippen MR) is 104 cm³/mol. The molecule has 28 heavy (non-hydrogen) atoms. The number of amides is 2. The highest BCUT2D eigenvalue weighted by Gasteiger charge is 2.34. The van der Waals surface area contributed by atoms with E-state index in [1.807, 2.05) is 0 Å². The highest BCUT2D eigenvalue weighted by Crippen LogP contribution is 2.29. The first-order valence-corrected chi connectivity index (χ1v) is 9.13. The van der Waals surface area contributed by atoms with Gasteiger partial charge in [-0.3, -0.25) is 14.5 Å². The number of hydrogen-bond acceptors (Lipinski definition) is 5. The summed E-state index contributed by atoms with van der Waals surface area (Å²) in [4.78, 5) is 41.5. The van der Waals surface area contributed by atoms with Crippen molar-refractivity contribution in [1.29, 1.82) is 0 Å². The molecule has 1 aliphatic rings. The number of nitrogens with one attached hydrogen (secondary N) is 1. The van der Waals surface area contributed by atoms with Crippen LogP contribution in [0.3, 0.4) is 0 Å². The Labute approximate surface area is 164 Å². The summed E-state index contributed by atoms with van der Waals surface area (Å²) in [6, 6.07) is 11.4. The zero-order chi connectivity index (χ0) is 20.3. The molecular formula is C19H16FN3O4S. The van der Waals surface area contributed by atoms with Gasteiger partial charge < -0.3 is 10.4 Å². The fraction of sp³-hybridized carbons (Fsp3) is 0.158. The average Bonchev–Trinajstić information content (AvgIpc) is 2.65.